The van der Waals surface area contributed by atoms with Gasteiger partial charge in [0.05, 0.1) is 0 Å². The number of hydrogen-bond donors (Lipinski definition) is 2. The van der Waals surface area contributed by atoms with Crippen LogP contribution in [0.25, 0.3) is 0 Å². The molecule has 2 aromatic rings. The van der Waals surface area contributed by atoms with Crippen molar-refractivity contribution in [3.05, 3.63) is 63.6 Å². The van der Waals surface area contributed by atoms with Gasteiger partial charge in [0.15, 0.2) is 0 Å². The van der Waals surface area contributed by atoms with E-state index in [-0.39, 0.29) is 17.4 Å². The number of amides is 1. The van der Waals surface area contributed by atoms with Crippen molar-refractivity contribution >= 4 is 5.91 Å². The highest BCUT2D eigenvalue weighted by atomic mass is 19.1. The first kappa shape index (κ1) is 17.8. The van der Waals surface area contributed by atoms with E-state index in [1.807, 2.05) is 13.8 Å². The lowest BCUT2D eigenvalue weighted by molar-refractivity contribution is 0.0947. The molecular weight excluding hydrogens is 309 g/mol. The number of nitrogens with zero attached hydrogens (tertiary/aromatic N) is 1. The number of benzene rings is 1. The minimum Gasteiger partial charge on any atom is -0.351 e. The van der Waals surface area contributed by atoms with Crippen LogP contribution in [0.4, 0.5) is 4.39 Å². The Balaban J connectivity index is 1.89. The molecule has 0 bridgehead atoms. The number of carbonyl (C=O) groups excluding carboxylic acids is 1. The van der Waals surface area contributed by atoms with E-state index in [2.05, 4.69) is 15.3 Å². The molecule has 0 fully saturated rings. The molecule has 0 spiro atoms. The van der Waals surface area contributed by atoms with Gasteiger partial charge in [-0.15, -0.1) is 0 Å². The molecule has 2 N–H and O–H groups in total. The fourth-order valence-corrected chi connectivity index (χ4v) is 2.45. The highest BCUT2D eigenvalue weighted by molar-refractivity contribution is 5.92. The molecule has 6 heteroatoms. The number of aryl methyl sites for hydroxylation is 1. The van der Waals surface area contributed by atoms with Crippen LogP contribution >= 0.6 is 0 Å². The summed E-state index contributed by atoms with van der Waals surface area (Å²) in [6, 6.07) is 8.19. The van der Waals surface area contributed by atoms with Gasteiger partial charge in [0.1, 0.15) is 11.5 Å². The Hall–Kier alpha value is -2.50. The summed E-state index contributed by atoms with van der Waals surface area (Å²) in [4.78, 5) is 30.0. The zero-order chi connectivity index (χ0) is 17.5. The largest absolute Gasteiger partial charge is 0.351 e. The van der Waals surface area contributed by atoms with Gasteiger partial charge in [-0.2, -0.15) is 4.98 Å². The Morgan fingerprint density at radius 3 is 2.79 bits per heavy atom. The molecule has 0 atom stereocenters. The van der Waals surface area contributed by atoms with Gasteiger partial charge >= 0.3 is 5.69 Å². The number of carbonyl (C=O) groups is 1. The average molecular weight is 331 g/mol. The molecule has 1 heterocycles. The van der Waals surface area contributed by atoms with Crippen molar-refractivity contribution in [3.63, 3.8) is 0 Å². The van der Waals surface area contributed by atoms with E-state index < -0.39 is 5.69 Å². The topological polar surface area (TPSA) is 74.8 Å². The van der Waals surface area contributed by atoms with E-state index >= 15 is 0 Å². The van der Waals surface area contributed by atoms with Crippen molar-refractivity contribution in [2.45, 2.75) is 33.1 Å². The van der Waals surface area contributed by atoms with Crippen molar-refractivity contribution in [1.82, 2.24) is 15.3 Å². The first-order chi connectivity index (χ1) is 11.5. The van der Waals surface area contributed by atoms with Crippen molar-refractivity contribution in [1.29, 1.82) is 0 Å². The number of aromatic nitrogens is 2. The molecule has 24 heavy (non-hydrogen) atoms. The zero-order valence-corrected chi connectivity index (χ0v) is 13.9. The standard InChI is InChI=1S/C18H22FN3O2/c1-12(2)10-14-11-16(22-18(24)21-14)17(23)20-9-5-7-13-6-3-4-8-15(13)19/h3-4,6,8,11-12H,5,7,9-10H2,1-2H3,(H,20,23)(H,21,22,24). The number of hydrogen-bond acceptors (Lipinski definition) is 3. The van der Waals surface area contributed by atoms with E-state index in [1.165, 1.54) is 6.07 Å². The van der Waals surface area contributed by atoms with E-state index in [0.717, 1.165) is 0 Å². The number of H-pyrrole nitrogens is 1. The maximum absolute atomic E-state index is 13.5. The summed E-state index contributed by atoms with van der Waals surface area (Å²) >= 11 is 0. The van der Waals surface area contributed by atoms with Gasteiger partial charge in [0.2, 0.25) is 0 Å². The van der Waals surface area contributed by atoms with Gasteiger partial charge in [-0.25, -0.2) is 9.18 Å². The van der Waals surface area contributed by atoms with Crippen LogP contribution in [0, 0.1) is 11.7 Å². The predicted molar refractivity (Wildman–Crippen MR) is 90.5 cm³/mol. The van der Waals surface area contributed by atoms with Gasteiger partial charge in [-0.3, -0.25) is 4.79 Å². The summed E-state index contributed by atoms with van der Waals surface area (Å²) in [6.07, 6.45) is 1.81. The number of halogens is 1. The molecule has 1 aromatic carbocycles. The van der Waals surface area contributed by atoms with Gasteiger partial charge < -0.3 is 10.3 Å². The molecule has 0 aliphatic heterocycles. The summed E-state index contributed by atoms with van der Waals surface area (Å²) in [7, 11) is 0. The minimum absolute atomic E-state index is 0.111. The Bertz CT molecular complexity index is 756. The van der Waals surface area contributed by atoms with Gasteiger partial charge in [-0.05, 0) is 42.9 Å². The van der Waals surface area contributed by atoms with Crippen molar-refractivity contribution < 1.29 is 9.18 Å². The van der Waals surface area contributed by atoms with E-state index in [0.29, 0.717) is 43.0 Å². The van der Waals surface area contributed by atoms with Crippen molar-refractivity contribution in [2.24, 2.45) is 5.92 Å². The summed E-state index contributed by atoms with van der Waals surface area (Å²) < 4.78 is 13.5. The second-order valence-electron chi connectivity index (χ2n) is 6.15. The molecule has 0 saturated heterocycles. The smallest absolute Gasteiger partial charge is 0.345 e. The molecule has 0 unspecified atom stereocenters. The van der Waals surface area contributed by atoms with Crippen LogP contribution in [-0.2, 0) is 12.8 Å². The second kappa shape index (κ2) is 8.38. The van der Waals surface area contributed by atoms with Crippen LogP contribution in [-0.4, -0.2) is 22.4 Å². The molecule has 1 amide bonds. The van der Waals surface area contributed by atoms with E-state index in [9.17, 15) is 14.0 Å². The third-order valence-corrected chi connectivity index (χ3v) is 3.53. The molecule has 2 rings (SSSR count). The van der Waals surface area contributed by atoms with Gasteiger partial charge in [0, 0.05) is 12.2 Å². The first-order valence-electron chi connectivity index (χ1n) is 8.07. The Morgan fingerprint density at radius 1 is 1.33 bits per heavy atom. The highest BCUT2D eigenvalue weighted by Crippen LogP contribution is 2.08. The SMILES string of the molecule is CC(C)Cc1cc(C(=O)NCCCc2ccccc2F)nc(=O)[nH]1. The summed E-state index contributed by atoms with van der Waals surface area (Å²) in [6.45, 7) is 4.45. The lowest BCUT2D eigenvalue weighted by Gasteiger charge is -2.08. The van der Waals surface area contributed by atoms with Gasteiger partial charge in [-0.1, -0.05) is 32.0 Å². The Kier molecular flexibility index (Phi) is 6.23. The minimum atomic E-state index is -0.523. The van der Waals surface area contributed by atoms with Crippen LogP contribution in [0.1, 0.15) is 42.0 Å². The lowest BCUT2D eigenvalue weighted by Crippen LogP contribution is -2.29. The number of rotatable bonds is 7. The molecule has 0 saturated carbocycles. The quantitative estimate of drug-likeness (QED) is 0.765. The maximum Gasteiger partial charge on any atom is 0.345 e. The third-order valence-electron chi connectivity index (χ3n) is 3.53. The van der Waals surface area contributed by atoms with Gasteiger partial charge in [0.25, 0.3) is 5.91 Å². The van der Waals surface area contributed by atoms with Crippen LogP contribution < -0.4 is 11.0 Å². The predicted octanol–water partition coefficient (Wildman–Crippen LogP) is 2.47. The Labute approximate surface area is 140 Å². The molecule has 0 aliphatic carbocycles. The lowest BCUT2D eigenvalue weighted by atomic mass is 10.1. The number of aromatic amines is 1. The fraction of sp³-hybridized carbons (Fsp3) is 0.389. The summed E-state index contributed by atoms with van der Waals surface area (Å²) in [5.74, 6) is -0.266. The van der Waals surface area contributed by atoms with Crippen LogP contribution in [0.5, 0.6) is 0 Å². The monoisotopic (exact) mass is 331 g/mol. The third kappa shape index (κ3) is 5.30. The van der Waals surface area contributed by atoms with E-state index in [1.54, 1.807) is 24.3 Å². The zero-order valence-electron chi connectivity index (χ0n) is 13.9. The second-order valence-corrected chi connectivity index (χ2v) is 6.15. The number of nitrogens with one attached hydrogen (secondary N) is 2. The van der Waals surface area contributed by atoms with Crippen LogP contribution in [0.2, 0.25) is 0 Å². The molecule has 0 aliphatic rings. The molecular formula is C18H22FN3O2. The normalized spacial score (nSPS) is 10.8. The highest BCUT2D eigenvalue weighted by Gasteiger charge is 2.10. The summed E-state index contributed by atoms with van der Waals surface area (Å²) in [5, 5.41) is 2.72. The fourth-order valence-electron chi connectivity index (χ4n) is 2.45. The van der Waals surface area contributed by atoms with Crippen LogP contribution in [0.3, 0.4) is 0 Å². The van der Waals surface area contributed by atoms with Crippen molar-refractivity contribution in [3.8, 4) is 0 Å². The average Bonchev–Trinajstić information content (AvgIpc) is 2.51. The molecule has 5 nitrogen and oxygen atoms in total. The van der Waals surface area contributed by atoms with Crippen LogP contribution in [0.15, 0.2) is 35.1 Å². The maximum atomic E-state index is 13.5. The van der Waals surface area contributed by atoms with Crippen molar-refractivity contribution in [2.75, 3.05) is 6.54 Å². The first-order valence-corrected chi connectivity index (χ1v) is 8.07. The van der Waals surface area contributed by atoms with E-state index in [4.69, 9.17) is 0 Å². The molecule has 128 valence electrons. The molecule has 1 aromatic heterocycles. The summed E-state index contributed by atoms with van der Waals surface area (Å²) in [5.41, 5.74) is 0.909. The molecule has 0 radical (unpaired) electrons. The Morgan fingerprint density at radius 2 is 2.08 bits per heavy atom.